The van der Waals surface area contributed by atoms with Gasteiger partial charge >= 0.3 is 5.97 Å². The van der Waals surface area contributed by atoms with Crippen molar-refractivity contribution in [3.05, 3.63) is 23.3 Å². The van der Waals surface area contributed by atoms with Gasteiger partial charge in [0.1, 0.15) is 24.1 Å². The van der Waals surface area contributed by atoms with Gasteiger partial charge in [0, 0.05) is 44.5 Å². The van der Waals surface area contributed by atoms with E-state index in [4.69, 9.17) is 33.2 Å². The van der Waals surface area contributed by atoms with E-state index in [1.165, 1.54) is 5.57 Å². The molecule has 2 aliphatic heterocycles. The molecule has 2 heterocycles. The molecule has 53 heavy (non-hydrogen) atoms. The van der Waals surface area contributed by atoms with Gasteiger partial charge in [0.2, 0.25) is 0 Å². The van der Waals surface area contributed by atoms with E-state index in [0.29, 0.717) is 32.1 Å². The van der Waals surface area contributed by atoms with Crippen LogP contribution in [0, 0.1) is 34.5 Å². The normalized spacial score (nSPS) is 47.3. The van der Waals surface area contributed by atoms with Crippen molar-refractivity contribution >= 4 is 11.8 Å². The number of carbonyl (C=O) groups is 2. The number of ether oxygens (including phenoxy) is 7. The minimum Gasteiger partial charge on any atom is -0.458 e. The van der Waals surface area contributed by atoms with Crippen LogP contribution in [-0.2, 0) is 42.7 Å². The van der Waals surface area contributed by atoms with Gasteiger partial charge in [0.25, 0.3) is 0 Å². The molecule has 0 amide bonds. The smallest absolute Gasteiger partial charge is 0.330 e. The molecule has 3 saturated carbocycles. The molecule has 0 bridgehead atoms. The van der Waals surface area contributed by atoms with E-state index in [0.717, 1.165) is 31.3 Å². The number of Topliss-reactive ketones (excluding diaryl/α,β-unsaturated/α-hetero) is 1. The Bertz CT molecular complexity index is 1410. The Morgan fingerprint density at radius 2 is 1.58 bits per heavy atom. The van der Waals surface area contributed by atoms with Crippen LogP contribution in [0.4, 0.5) is 0 Å². The molecule has 0 unspecified atom stereocenters. The van der Waals surface area contributed by atoms with Gasteiger partial charge in [-0.1, -0.05) is 44.9 Å². The first-order valence-corrected chi connectivity index (χ1v) is 20.1. The Morgan fingerprint density at radius 1 is 0.925 bits per heavy atom. The number of hydrogen-bond acceptors (Lipinski definition) is 11. The van der Waals surface area contributed by atoms with Crippen molar-refractivity contribution in [2.45, 2.75) is 180 Å². The van der Waals surface area contributed by atoms with Gasteiger partial charge in [-0.25, -0.2) is 4.79 Å². The Morgan fingerprint density at radius 3 is 2.25 bits per heavy atom. The van der Waals surface area contributed by atoms with Gasteiger partial charge in [-0.05, 0) is 95.8 Å². The topological polar surface area (TPSA) is 139 Å². The fourth-order valence-electron chi connectivity index (χ4n) is 11.2. The highest BCUT2D eigenvalue weighted by Crippen LogP contribution is 2.68. The van der Waals surface area contributed by atoms with E-state index in [1.54, 1.807) is 27.2 Å². The largest absolute Gasteiger partial charge is 0.458 e. The van der Waals surface area contributed by atoms with E-state index in [9.17, 15) is 19.8 Å². The zero-order chi connectivity index (χ0) is 38.6. The molecule has 5 fully saturated rings. The fraction of sp³-hybridized carbons (Fsp3) is 0.857. The third-order valence-corrected chi connectivity index (χ3v) is 14.8. The van der Waals surface area contributed by atoms with Crippen LogP contribution in [0.3, 0.4) is 0 Å². The molecular formula is C42H66O11. The van der Waals surface area contributed by atoms with Crippen molar-refractivity contribution in [3.8, 4) is 0 Å². The lowest BCUT2D eigenvalue weighted by atomic mass is 9.45. The molecule has 6 rings (SSSR count). The average Bonchev–Trinajstić information content (AvgIpc) is 3.39. The molecular weight excluding hydrogens is 680 g/mol. The molecule has 0 radical (unpaired) electrons. The standard InChI is InChI=1S/C42H66O11/c1-22(2)23(3)17-35(44)52-34-19-31-30(42(46)16-14-29(24(4)43)41(34,42)8)12-11-27-18-28(13-15-40(27,31)7)51-36-21-33(48-10)39(26(6)50-36)53-37-20-32(47-9)38(45)25(5)49-37/h11,17,22,25-26,28-34,36-39,45-46H,12-16,18-21H2,1-10H3/b23-17+/t25-,26-,28+,29-,30-,31+,32-,33+,34-,36+,37+,38-,39-,40+,41+,42-/m1/s1. The lowest BCUT2D eigenvalue weighted by Crippen LogP contribution is -2.66. The average molecular weight is 747 g/mol. The van der Waals surface area contributed by atoms with Crippen LogP contribution in [0.15, 0.2) is 23.3 Å². The second kappa shape index (κ2) is 15.7. The number of aliphatic hydroxyl groups excluding tert-OH is 1. The number of methoxy groups -OCH3 is 2. The number of allylic oxidation sites excluding steroid dienone is 2. The van der Waals surface area contributed by atoms with Crippen molar-refractivity contribution in [1.29, 1.82) is 0 Å². The molecule has 300 valence electrons. The third kappa shape index (κ3) is 7.36. The number of aliphatic hydroxyl groups is 2. The van der Waals surface area contributed by atoms with Crippen LogP contribution in [0.5, 0.6) is 0 Å². The lowest BCUT2D eigenvalue weighted by Gasteiger charge is -2.63. The molecule has 11 nitrogen and oxygen atoms in total. The van der Waals surface area contributed by atoms with E-state index in [2.05, 4.69) is 13.0 Å². The van der Waals surface area contributed by atoms with E-state index in [1.807, 2.05) is 41.5 Å². The van der Waals surface area contributed by atoms with Crippen LogP contribution in [0.1, 0.15) is 113 Å². The number of esters is 1. The Kier molecular flexibility index (Phi) is 12.1. The minimum absolute atomic E-state index is 0.0357. The number of ketones is 1. The first kappa shape index (κ1) is 40.9. The van der Waals surface area contributed by atoms with Crippen LogP contribution >= 0.6 is 0 Å². The number of hydrogen-bond donors (Lipinski definition) is 2. The summed E-state index contributed by atoms with van der Waals surface area (Å²) in [6, 6.07) is 0. The van der Waals surface area contributed by atoms with Gasteiger partial charge in [-0.15, -0.1) is 0 Å². The highest BCUT2D eigenvalue weighted by molar-refractivity contribution is 5.83. The Labute approximate surface area is 316 Å². The van der Waals surface area contributed by atoms with Crippen LogP contribution in [0.25, 0.3) is 0 Å². The van der Waals surface area contributed by atoms with Crippen LogP contribution in [0.2, 0.25) is 0 Å². The zero-order valence-electron chi connectivity index (χ0n) is 33.7. The summed E-state index contributed by atoms with van der Waals surface area (Å²) in [5.41, 5.74) is 0.0755. The van der Waals surface area contributed by atoms with Gasteiger partial charge in [0.15, 0.2) is 12.6 Å². The van der Waals surface area contributed by atoms with Gasteiger partial charge in [-0.2, -0.15) is 0 Å². The molecule has 0 aromatic rings. The van der Waals surface area contributed by atoms with Gasteiger partial charge < -0.3 is 43.4 Å². The first-order valence-electron chi connectivity index (χ1n) is 20.1. The van der Waals surface area contributed by atoms with Crippen molar-refractivity contribution < 1.29 is 53.0 Å². The van der Waals surface area contributed by atoms with Crippen molar-refractivity contribution in [2.24, 2.45) is 34.5 Å². The quantitative estimate of drug-likeness (QED) is 0.159. The summed E-state index contributed by atoms with van der Waals surface area (Å²) >= 11 is 0. The molecule has 2 saturated heterocycles. The Hall–Kier alpha value is -1.70. The predicted octanol–water partition coefficient (Wildman–Crippen LogP) is 5.82. The third-order valence-electron chi connectivity index (χ3n) is 14.8. The van der Waals surface area contributed by atoms with E-state index >= 15 is 0 Å². The molecule has 0 aromatic carbocycles. The molecule has 6 aliphatic rings. The number of fused-ring (bicyclic) bond motifs is 5. The molecule has 0 spiro atoms. The molecule has 0 aromatic heterocycles. The zero-order valence-corrected chi connectivity index (χ0v) is 33.7. The van der Waals surface area contributed by atoms with E-state index in [-0.39, 0.29) is 65.4 Å². The fourth-order valence-corrected chi connectivity index (χ4v) is 11.2. The van der Waals surface area contributed by atoms with E-state index < -0.39 is 47.9 Å². The summed E-state index contributed by atoms with van der Waals surface area (Å²) in [5, 5.41) is 23.2. The number of carbonyl (C=O) groups excluding carboxylic acids is 2. The lowest BCUT2D eigenvalue weighted by molar-refractivity contribution is -0.319. The highest BCUT2D eigenvalue weighted by atomic mass is 16.7. The maximum Gasteiger partial charge on any atom is 0.330 e. The SMILES string of the molecule is CO[C@H]1C[C@H](O[C@H]2CC[C@@]3(C)C(=CC[C@@H]4[C@@H]3C[C@@H](OC(=O)/C=C(\C)C(C)C)[C@]3(C)[C@@H](C(C)=O)CC[C@@]43O)C2)O[C@H](C)[C@H]1O[C@H]1C[C@@H](OC)[C@H](O)[C@@H](C)O1. The van der Waals surface area contributed by atoms with Crippen LogP contribution < -0.4 is 0 Å². The summed E-state index contributed by atoms with van der Waals surface area (Å²) < 4.78 is 43.2. The molecule has 16 atom stereocenters. The second-order valence-corrected chi connectivity index (χ2v) is 17.9. The highest BCUT2D eigenvalue weighted by Gasteiger charge is 2.71. The van der Waals surface area contributed by atoms with Crippen LogP contribution in [-0.4, -0.2) is 103 Å². The monoisotopic (exact) mass is 746 g/mol. The van der Waals surface area contributed by atoms with Crippen molar-refractivity contribution in [1.82, 2.24) is 0 Å². The summed E-state index contributed by atoms with van der Waals surface area (Å²) in [4.78, 5) is 26.5. The van der Waals surface area contributed by atoms with Crippen molar-refractivity contribution in [2.75, 3.05) is 14.2 Å². The van der Waals surface area contributed by atoms with Gasteiger partial charge in [0.05, 0.1) is 36.1 Å². The molecule has 2 N–H and O–H groups in total. The molecule has 11 heteroatoms. The number of rotatable bonds is 10. The predicted molar refractivity (Wildman–Crippen MR) is 196 cm³/mol. The molecule has 4 aliphatic carbocycles. The maximum atomic E-state index is 13.4. The first-order chi connectivity index (χ1) is 25.0. The second-order valence-electron chi connectivity index (χ2n) is 17.9. The minimum atomic E-state index is -1.13. The summed E-state index contributed by atoms with van der Waals surface area (Å²) in [6.07, 6.45) is 5.57. The summed E-state index contributed by atoms with van der Waals surface area (Å²) in [7, 11) is 3.26. The van der Waals surface area contributed by atoms with Crippen molar-refractivity contribution in [3.63, 3.8) is 0 Å². The van der Waals surface area contributed by atoms with Gasteiger partial charge in [-0.3, -0.25) is 4.79 Å². The maximum absolute atomic E-state index is 13.4. The summed E-state index contributed by atoms with van der Waals surface area (Å²) in [5.74, 6) is -0.443. The summed E-state index contributed by atoms with van der Waals surface area (Å²) in [6.45, 7) is 15.7. The Balaban J connectivity index is 1.15.